The number of hydrogen-bond acceptors (Lipinski definition) is 3. The molecule has 0 aliphatic heterocycles. The van der Waals surface area contributed by atoms with Crippen LogP contribution in [0, 0.1) is 59.2 Å². The molecule has 25 heavy (non-hydrogen) atoms. The number of carbonyl (C=O) groups excluding carboxylic acids is 1. The first-order valence-corrected chi connectivity index (χ1v) is 10.5. The first-order valence-electron chi connectivity index (χ1n) is 10.5. The Kier molecular flexibility index (Phi) is 2.80. The number of hydrogen-bond donors (Lipinski definition) is 0. The summed E-state index contributed by atoms with van der Waals surface area (Å²) in [4.78, 5) is 12.2. The summed E-state index contributed by atoms with van der Waals surface area (Å²) in [5.74, 6) is 8.84. The molecule has 6 rings (SSSR count). The van der Waals surface area contributed by atoms with Gasteiger partial charge in [-0.15, -0.1) is 0 Å². The SMILES string of the molecule is CC(C)(C)OC(=O)OC1CC2CC1C1C3CC(C4C5C=CC(C5)C34)C21. The molecule has 0 aromatic carbocycles. The summed E-state index contributed by atoms with van der Waals surface area (Å²) in [5.41, 5.74) is -0.466. The maximum Gasteiger partial charge on any atom is 0.509 e. The van der Waals surface area contributed by atoms with Gasteiger partial charge in [0.05, 0.1) is 0 Å². The van der Waals surface area contributed by atoms with Crippen LogP contribution in [0.4, 0.5) is 4.79 Å². The molecule has 0 heterocycles. The minimum absolute atomic E-state index is 0.119. The van der Waals surface area contributed by atoms with Crippen molar-refractivity contribution >= 4 is 6.16 Å². The van der Waals surface area contributed by atoms with Crippen LogP contribution in [0.1, 0.15) is 46.5 Å². The smallest absolute Gasteiger partial charge is 0.431 e. The summed E-state index contributed by atoms with van der Waals surface area (Å²) in [6.45, 7) is 5.72. The van der Waals surface area contributed by atoms with E-state index in [-0.39, 0.29) is 6.10 Å². The zero-order chi connectivity index (χ0) is 17.1. The molecular formula is C22H30O3. The van der Waals surface area contributed by atoms with E-state index in [2.05, 4.69) is 12.2 Å². The highest BCUT2D eigenvalue weighted by Crippen LogP contribution is 2.75. The molecular weight excluding hydrogens is 312 g/mol. The van der Waals surface area contributed by atoms with Crippen LogP contribution in [-0.2, 0) is 9.47 Å². The molecule has 0 amide bonds. The van der Waals surface area contributed by atoms with E-state index in [1.165, 1.54) is 19.3 Å². The molecule has 11 atom stereocenters. The second-order valence-corrected chi connectivity index (χ2v) is 10.8. The molecule has 6 aliphatic carbocycles. The van der Waals surface area contributed by atoms with Gasteiger partial charge < -0.3 is 9.47 Å². The zero-order valence-corrected chi connectivity index (χ0v) is 15.6. The Morgan fingerprint density at radius 3 is 2.20 bits per heavy atom. The molecule has 3 heteroatoms. The molecule has 0 saturated heterocycles. The lowest BCUT2D eigenvalue weighted by Gasteiger charge is -2.45. The third-order valence-electron chi connectivity index (χ3n) is 8.81. The molecule has 5 fully saturated rings. The molecule has 136 valence electrons. The molecule has 3 nitrogen and oxygen atoms in total. The van der Waals surface area contributed by atoms with Crippen molar-refractivity contribution in [1.82, 2.24) is 0 Å². The summed E-state index contributed by atoms with van der Waals surface area (Å²) >= 11 is 0. The van der Waals surface area contributed by atoms with Crippen LogP contribution in [0.2, 0.25) is 0 Å². The Balaban J connectivity index is 1.21. The van der Waals surface area contributed by atoms with E-state index < -0.39 is 11.8 Å². The van der Waals surface area contributed by atoms with Gasteiger partial charge in [-0.05, 0) is 106 Å². The number of allylic oxidation sites excluding steroid dienone is 2. The first-order chi connectivity index (χ1) is 11.9. The van der Waals surface area contributed by atoms with Crippen LogP contribution < -0.4 is 0 Å². The van der Waals surface area contributed by atoms with Gasteiger partial charge in [-0.25, -0.2) is 4.79 Å². The Morgan fingerprint density at radius 1 is 0.840 bits per heavy atom. The van der Waals surface area contributed by atoms with Crippen molar-refractivity contribution in [2.75, 3.05) is 0 Å². The van der Waals surface area contributed by atoms with E-state index in [9.17, 15) is 4.79 Å². The standard InChI is InChI=1S/C22H30O3/c1-22(2,3)25-21(23)24-16-8-12-7-13(16)20-15-9-14(19(12)20)17-10-4-5-11(6-10)18(15)17/h4-5,10-20H,6-9H2,1-3H3. The van der Waals surface area contributed by atoms with E-state index in [0.717, 1.165) is 59.7 Å². The monoisotopic (exact) mass is 342 g/mol. The first kappa shape index (κ1) is 15.1. The van der Waals surface area contributed by atoms with E-state index in [1.54, 1.807) is 0 Å². The second kappa shape index (κ2) is 4.64. The number of fused-ring (bicyclic) bond motifs is 16. The van der Waals surface area contributed by atoms with Crippen LogP contribution in [0.5, 0.6) is 0 Å². The molecule has 0 aromatic rings. The highest BCUT2D eigenvalue weighted by Gasteiger charge is 2.71. The average molecular weight is 342 g/mol. The molecule has 5 saturated carbocycles. The van der Waals surface area contributed by atoms with Crippen LogP contribution >= 0.6 is 0 Å². The van der Waals surface area contributed by atoms with Crippen LogP contribution in [0.15, 0.2) is 12.2 Å². The van der Waals surface area contributed by atoms with Crippen molar-refractivity contribution in [3.63, 3.8) is 0 Å². The van der Waals surface area contributed by atoms with E-state index in [1.807, 2.05) is 20.8 Å². The third kappa shape index (κ3) is 1.91. The second-order valence-electron chi connectivity index (χ2n) is 10.8. The molecule has 0 radical (unpaired) electrons. The molecule has 0 N–H and O–H groups in total. The summed E-state index contributed by atoms with van der Waals surface area (Å²) in [6.07, 6.45) is 10.1. The Bertz CT molecular complexity index is 646. The van der Waals surface area contributed by atoms with Gasteiger partial charge in [0.15, 0.2) is 0 Å². The predicted octanol–water partition coefficient (Wildman–Crippen LogP) is 4.67. The lowest BCUT2D eigenvalue weighted by molar-refractivity contribution is -0.0630. The molecule has 0 spiro atoms. The Hall–Kier alpha value is -0.990. The lowest BCUT2D eigenvalue weighted by Crippen LogP contribution is -2.44. The van der Waals surface area contributed by atoms with Gasteiger partial charge in [0.2, 0.25) is 0 Å². The summed E-state index contributed by atoms with van der Waals surface area (Å²) in [7, 11) is 0. The van der Waals surface area contributed by atoms with Crippen molar-refractivity contribution in [3.8, 4) is 0 Å². The number of ether oxygens (including phenoxy) is 2. The van der Waals surface area contributed by atoms with Gasteiger partial charge in [0.1, 0.15) is 11.7 Å². The summed E-state index contributed by atoms with van der Waals surface area (Å²) < 4.78 is 11.3. The maximum atomic E-state index is 12.2. The largest absolute Gasteiger partial charge is 0.509 e. The van der Waals surface area contributed by atoms with Crippen LogP contribution in [0.3, 0.4) is 0 Å². The van der Waals surface area contributed by atoms with Gasteiger partial charge >= 0.3 is 6.16 Å². The Labute approximate surface area is 150 Å². The zero-order valence-electron chi connectivity index (χ0n) is 15.6. The van der Waals surface area contributed by atoms with Crippen molar-refractivity contribution in [3.05, 3.63) is 12.2 Å². The van der Waals surface area contributed by atoms with Gasteiger partial charge in [0, 0.05) is 0 Å². The van der Waals surface area contributed by atoms with Crippen LogP contribution in [0.25, 0.3) is 0 Å². The van der Waals surface area contributed by atoms with E-state index >= 15 is 0 Å². The van der Waals surface area contributed by atoms with Gasteiger partial charge in [-0.1, -0.05) is 12.2 Å². The van der Waals surface area contributed by atoms with Gasteiger partial charge in [0.25, 0.3) is 0 Å². The van der Waals surface area contributed by atoms with Crippen molar-refractivity contribution < 1.29 is 14.3 Å². The van der Waals surface area contributed by atoms with Crippen molar-refractivity contribution in [2.24, 2.45) is 59.2 Å². The normalized spacial score (nSPS) is 56.4. The molecule has 11 unspecified atom stereocenters. The average Bonchev–Trinajstić information content (AvgIpc) is 3.29. The molecule has 6 aliphatic rings. The van der Waals surface area contributed by atoms with E-state index in [4.69, 9.17) is 9.47 Å². The molecule has 6 bridgehead atoms. The highest BCUT2D eigenvalue weighted by molar-refractivity contribution is 5.60. The fourth-order valence-electron chi connectivity index (χ4n) is 8.72. The van der Waals surface area contributed by atoms with Crippen molar-refractivity contribution in [1.29, 1.82) is 0 Å². The summed E-state index contributed by atoms with van der Waals surface area (Å²) in [5, 5.41) is 0. The number of rotatable bonds is 1. The Morgan fingerprint density at radius 2 is 1.52 bits per heavy atom. The maximum absolute atomic E-state index is 12.2. The third-order valence-corrected chi connectivity index (χ3v) is 8.81. The lowest BCUT2D eigenvalue weighted by atomic mass is 9.60. The van der Waals surface area contributed by atoms with Crippen LogP contribution in [-0.4, -0.2) is 17.9 Å². The minimum atomic E-state index is -0.466. The van der Waals surface area contributed by atoms with Gasteiger partial charge in [-0.3, -0.25) is 0 Å². The summed E-state index contributed by atoms with van der Waals surface area (Å²) in [6, 6.07) is 0. The topological polar surface area (TPSA) is 35.5 Å². The van der Waals surface area contributed by atoms with Gasteiger partial charge in [-0.2, -0.15) is 0 Å². The quantitative estimate of drug-likeness (QED) is 0.395. The fourth-order valence-corrected chi connectivity index (χ4v) is 8.72. The fraction of sp³-hybridized carbons (Fsp3) is 0.864. The van der Waals surface area contributed by atoms with Crippen molar-refractivity contribution in [2.45, 2.75) is 58.2 Å². The predicted molar refractivity (Wildman–Crippen MR) is 93.6 cm³/mol. The highest BCUT2D eigenvalue weighted by atomic mass is 16.7. The minimum Gasteiger partial charge on any atom is -0.431 e. The molecule has 0 aromatic heterocycles. The number of carbonyl (C=O) groups is 1. The van der Waals surface area contributed by atoms with E-state index in [0.29, 0.717) is 5.92 Å².